The number of esters is 2. The first-order valence-electron chi connectivity index (χ1n) is 12.4. The van der Waals surface area contributed by atoms with Gasteiger partial charge in [-0.05, 0) is 38.5 Å². The average Bonchev–Trinajstić information content (AvgIpc) is 2.73. The minimum Gasteiger partial charge on any atom is -0.465 e. The van der Waals surface area contributed by atoms with E-state index in [2.05, 4.69) is 27.7 Å². The Kier molecular flexibility index (Phi) is 19.5. The van der Waals surface area contributed by atoms with Crippen molar-refractivity contribution in [3.05, 3.63) is 0 Å². The van der Waals surface area contributed by atoms with Crippen LogP contribution in [0, 0.1) is 11.8 Å². The molecule has 2 atom stereocenters. The number of carbonyl (C=O) groups excluding carboxylic acids is 2. The lowest BCUT2D eigenvalue weighted by atomic mass is 10.00. The number of carbonyl (C=O) groups is 2. The van der Waals surface area contributed by atoms with Gasteiger partial charge in [-0.25, -0.2) is 0 Å². The quantitative estimate of drug-likeness (QED) is 0.156. The lowest BCUT2D eigenvalue weighted by Crippen LogP contribution is -2.17. The molecule has 172 valence electrons. The predicted octanol–water partition coefficient (Wildman–Crippen LogP) is 7.24. The number of rotatable bonds is 20. The predicted molar refractivity (Wildman–Crippen MR) is 121 cm³/mol. The standard InChI is InChI=1S/C25H48O4/c1-5-9-18-22(7-3)24(26)28-20-16-14-12-11-13-15-17-21-29-25(27)23(8-4)19-10-6-2/h22-23H,5-21H2,1-4H3. The SMILES string of the molecule is CCCCC(CC)C(=O)OCCCCCCCCCOC(=O)C(CC)CCCC. The van der Waals surface area contributed by atoms with Gasteiger partial charge < -0.3 is 9.47 Å². The molecule has 0 spiro atoms. The Bertz CT molecular complexity index is 358. The molecule has 0 N–H and O–H groups in total. The number of hydrogen-bond donors (Lipinski definition) is 0. The van der Waals surface area contributed by atoms with Crippen LogP contribution in [0.5, 0.6) is 0 Å². The van der Waals surface area contributed by atoms with Crippen molar-refractivity contribution in [2.75, 3.05) is 13.2 Å². The molecular formula is C25H48O4. The summed E-state index contributed by atoms with van der Waals surface area (Å²) in [6, 6.07) is 0. The third kappa shape index (κ3) is 15.4. The highest BCUT2D eigenvalue weighted by Crippen LogP contribution is 2.16. The van der Waals surface area contributed by atoms with Gasteiger partial charge >= 0.3 is 11.9 Å². The maximum atomic E-state index is 12.0. The fourth-order valence-corrected chi connectivity index (χ4v) is 3.55. The van der Waals surface area contributed by atoms with Crippen LogP contribution in [0.2, 0.25) is 0 Å². The molecular weight excluding hydrogens is 364 g/mol. The van der Waals surface area contributed by atoms with Crippen molar-refractivity contribution in [1.82, 2.24) is 0 Å². The molecule has 0 radical (unpaired) electrons. The summed E-state index contributed by atoms with van der Waals surface area (Å²) < 4.78 is 10.9. The first-order chi connectivity index (χ1) is 14.1. The second-order valence-corrected chi connectivity index (χ2v) is 8.30. The fourth-order valence-electron chi connectivity index (χ4n) is 3.55. The molecule has 0 aliphatic rings. The highest BCUT2D eigenvalue weighted by Gasteiger charge is 2.17. The third-order valence-corrected chi connectivity index (χ3v) is 5.74. The summed E-state index contributed by atoms with van der Waals surface area (Å²) in [5.41, 5.74) is 0. The molecule has 4 heteroatoms. The lowest BCUT2D eigenvalue weighted by molar-refractivity contribution is -0.150. The van der Waals surface area contributed by atoms with Crippen LogP contribution in [0.15, 0.2) is 0 Å². The molecule has 0 amide bonds. The monoisotopic (exact) mass is 412 g/mol. The molecule has 0 bridgehead atoms. The largest absolute Gasteiger partial charge is 0.465 e. The van der Waals surface area contributed by atoms with E-state index in [0.29, 0.717) is 13.2 Å². The van der Waals surface area contributed by atoms with Gasteiger partial charge in [-0.1, -0.05) is 85.5 Å². The Morgan fingerprint density at radius 3 is 1.21 bits per heavy atom. The molecule has 0 aromatic rings. The average molecular weight is 413 g/mol. The summed E-state index contributed by atoms with van der Waals surface area (Å²) in [6.45, 7) is 9.57. The van der Waals surface area contributed by atoms with Crippen molar-refractivity contribution in [2.45, 2.75) is 124 Å². The first kappa shape index (κ1) is 27.9. The van der Waals surface area contributed by atoms with Gasteiger partial charge in [0.05, 0.1) is 25.0 Å². The summed E-state index contributed by atoms with van der Waals surface area (Å²) in [6.07, 6.45) is 15.9. The van der Waals surface area contributed by atoms with Crippen LogP contribution in [-0.4, -0.2) is 25.2 Å². The van der Waals surface area contributed by atoms with Crippen LogP contribution in [0.4, 0.5) is 0 Å². The molecule has 0 aromatic carbocycles. The van der Waals surface area contributed by atoms with E-state index in [1.165, 1.54) is 19.3 Å². The van der Waals surface area contributed by atoms with E-state index in [4.69, 9.17) is 9.47 Å². The first-order valence-corrected chi connectivity index (χ1v) is 12.4. The number of unbranched alkanes of at least 4 members (excludes halogenated alkanes) is 8. The van der Waals surface area contributed by atoms with Crippen molar-refractivity contribution in [2.24, 2.45) is 11.8 Å². The second kappa shape index (κ2) is 20.2. The minimum absolute atomic E-state index is 0.00416. The van der Waals surface area contributed by atoms with Crippen molar-refractivity contribution in [3.8, 4) is 0 Å². The van der Waals surface area contributed by atoms with Gasteiger partial charge in [0.25, 0.3) is 0 Å². The van der Waals surface area contributed by atoms with Crippen LogP contribution >= 0.6 is 0 Å². The third-order valence-electron chi connectivity index (χ3n) is 5.74. The molecule has 0 saturated heterocycles. The van der Waals surface area contributed by atoms with Crippen LogP contribution in [0.3, 0.4) is 0 Å². The molecule has 0 rings (SSSR count). The smallest absolute Gasteiger partial charge is 0.308 e. The molecule has 0 saturated carbocycles. The lowest BCUT2D eigenvalue weighted by Gasteiger charge is -2.14. The second-order valence-electron chi connectivity index (χ2n) is 8.30. The zero-order valence-corrected chi connectivity index (χ0v) is 19.8. The maximum Gasteiger partial charge on any atom is 0.308 e. The van der Waals surface area contributed by atoms with Crippen LogP contribution in [0.1, 0.15) is 124 Å². The molecule has 0 fully saturated rings. The minimum atomic E-state index is -0.00416. The fraction of sp³-hybridized carbons (Fsp3) is 0.920. The normalized spacial score (nSPS) is 13.1. The van der Waals surface area contributed by atoms with Gasteiger partial charge in [-0.2, -0.15) is 0 Å². The van der Waals surface area contributed by atoms with Crippen molar-refractivity contribution < 1.29 is 19.1 Å². The van der Waals surface area contributed by atoms with E-state index < -0.39 is 0 Å². The van der Waals surface area contributed by atoms with E-state index in [0.717, 1.165) is 77.0 Å². The van der Waals surface area contributed by atoms with Gasteiger partial charge in [0.15, 0.2) is 0 Å². The molecule has 2 unspecified atom stereocenters. The van der Waals surface area contributed by atoms with E-state index in [1.54, 1.807) is 0 Å². The molecule has 0 heterocycles. The zero-order valence-electron chi connectivity index (χ0n) is 19.8. The molecule has 0 aliphatic carbocycles. The summed E-state index contributed by atoms with van der Waals surface area (Å²) >= 11 is 0. The van der Waals surface area contributed by atoms with Crippen LogP contribution < -0.4 is 0 Å². The molecule has 0 aliphatic heterocycles. The van der Waals surface area contributed by atoms with E-state index in [9.17, 15) is 9.59 Å². The summed E-state index contributed by atoms with van der Waals surface area (Å²) in [5.74, 6) is 0.164. The molecule has 0 aromatic heterocycles. The van der Waals surface area contributed by atoms with Crippen LogP contribution in [0.25, 0.3) is 0 Å². The Labute approximate surface area is 180 Å². The maximum absolute atomic E-state index is 12.0. The van der Waals surface area contributed by atoms with Gasteiger partial charge in [0, 0.05) is 0 Å². The van der Waals surface area contributed by atoms with E-state index in [-0.39, 0.29) is 23.8 Å². The van der Waals surface area contributed by atoms with Gasteiger partial charge in [0.1, 0.15) is 0 Å². The Morgan fingerprint density at radius 1 is 0.552 bits per heavy atom. The Hall–Kier alpha value is -1.06. The summed E-state index contributed by atoms with van der Waals surface area (Å²) in [7, 11) is 0. The van der Waals surface area contributed by atoms with E-state index in [1.807, 2.05) is 0 Å². The molecule has 4 nitrogen and oxygen atoms in total. The van der Waals surface area contributed by atoms with Gasteiger partial charge in [-0.15, -0.1) is 0 Å². The Balaban J connectivity index is 3.53. The highest BCUT2D eigenvalue weighted by atomic mass is 16.5. The molecule has 29 heavy (non-hydrogen) atoms. The van der Waals surface area contributed by atoms with Crippen molar-refractivity contribution in [1.29, 1.82) is 0 Å². The summed E-state index contributed by atoms with van der Waals surface area (Å²) in [5, 5.41) is 0. The number of ether oxygens (including phenoxy) is 2. The number of hydrogen-bond acceptors (Lipinski definition) is 4. The topological polar surface area (TPSA) is 52.6 Å². The van der Waals surface area contributed by atoms with Crippen molar-refractivity contribution in [3.63, 3.8) is 0 Å². The zero-order chi connectivity index (χ0) is 21.7. The van der Waals surface area contributed by atoms with Crippen molar-refractivity contribution >= 4 is 11.9 Å². The van der Waals surface area contributed by atoms with Crippen LogP contribution in [-0.2, 0) is 19.1 Å². The van der Waals surface area contributed by atoms with Gasteiger partial charge in [-0.3, -0.25) is 9.59 Å². The van der Waals surface area contributed by atoms with Gasteiger partial charge in [0.2, 0.25) is 0 Å². The summed E-state index contributed by atoms with van der Waals surface area (Å²) in [4.78, 5) is 24.0. The van der Waals surface area contributed by atoms with E-state index >= 15 is 0 Å². The highest BCUT2D eigenvalue weighted by molar-refractivity contribution is 5.72. The Morgan fingerprint density at radius 2 is 0.897 bits per heavy atom.